The van der Waals surface area contributed by atoms with Crippen LogP contribution in [0.5, 0.6) is 5.75 Å². The van der Waals surface area contributed by atoms with Gasteiger partial charge in [0.1, 0.15) is 11.6 Å². The molecule has 2 N–H and O–H groups in total. The van der Waals surface area contributed by atoms with Crippen LogP contribution >= 0.6 is 23.2 Å². The van der Waals surface area contributed by atoms with E-state index < -0.39 is 0 Å². The number of nitrogens with zero attached hydrogens (tertiary/aromatic N) is 1. The van der Waals surface area contributed by atoms with Crippen LogP contribution in [0, 0.1) is 0 Å². The lowest BCUT2D eigenvalue weighted by Crippen LogP contribution is -2.12. The number of hydrogen-bond donors (Lipinski definition) is 2. The van der Waals surface area contributed by atoms with Crippen molar-refractivity contribution in [3.63, 3.8) is 0 Å². The molecule has 3 aromatic carbocycles. The van der Waals surface area contributed by atoms with E-state index in [1.54, 1.807) is 42.5 Å². The van der Waals surface area contributed by atoms with Crippen LogP contribution in [0.1, 0.15) is 24.2 Å². The minimum atomic E-state index is -0.231. The molecule has 0 saturated carbocycles. The molecule has 4 aromatic rings. The van der Waals surface area contributed by atoms with E-state index in [1.807, 2.05) is 32.0 Å². The Hall–Kier alpha value is -3.02. The third-order valence-electron chi connectivity index (χ3n) is 4.41. The molecule has 0 atom stereocenters. The smallest absolute Gasteiger partial charge is 0.255 e. The molecule has 1 heterocycles. The van der Waals surface area contributed by atoms with Gasteiger partial charge in [-0.1, -0.05) is 35.3 Å². The molecule has 0 aliphatic rings. The predicted octanol–water partition coefficient (Wildman–Crippen LogP) is 6.58. The van der Waals surface area contributed by atoms with Gasteiger partial charge in [-0.3, -0.25) is 4.79 Å². The number of aromatic nitrogens is 2. The van der Waals surface area contributed by atoms with Crippen molar-refractivity contribution in [3.8, 4) is 17.1 Å². The molecule has 30 heavy (non-hydrogen) atoms. The SMILES string of the molecule is CC(C)Oc1cccc(NC(=O)c2ccc3nc(-c4c(Cl)cccc4Cl)[nH]c3c2)c1. The first kappa shape index (κ1) is 20.3. The highest BCUT2D eigenvalue weighted by molar-refractivity contribution is 6.39. The number of imidazole rings is 1. The van der Waals surface area contributed by atoms with Crippen molar-refractivity contribution in [1.29, 1.82) is 0 Å². The summed E-state index contributed by atoms with van der Waals surface area (Å²) in [7, 11) is 0. The predicted molar refractivity (Wildman–Crippen MR) is 122 cm³/mol. The number of fused-ring (bicyclic) bond motifs is 1. The lowest BCUT2D eigenvalue weighted by molar-refractivity contribution is 0.102. The second-order valence-electron chi connectivity index (χ2n) is 7.06. The molecule has 1 aromatic heterocycles. The Bertz CT molecular complexity index is 1210. The standard InChI is InChI=1S/C23H19Cl2N3O2/c1-13(2)30-16-6-3-5-15(12-16)26-23(29)14-9-10-19-20(11-14)28-22(27-19)21-17(24)7-4-8-18(21)25/h3-13H,1-2H3,(H,26,29)(H,27,28). The van der Waals surface area contributed by atoms with Gasteiger partial charge < -0.3 is 15.0 Å². The van der Waals surface area contributed by atoms with Crippen LogP contribution in [0.4, 0.5) is 5.69 Å². The molecule has 0 aliphatic heterocycles. The van der Waals surface area contributed by atoms with Crippen LogP contribution in [0.2, 0.25) is 10.0 Å². The zero-order valence-corrected chi connectivity index (χ0v) is 17.9. The monoisotopic (exact) mass is 439 g/mol. The third kappa shape index (κ3) is 4.27. The van der Waals surface area contributed by atoms with Gasteiger partial charge in [0.2, 0.25) is 0 Å². The van der Waals surface area contributed by atoms with E-state index in [-0.39, 0.29) is 12.0 Å². The fourth-order valence-electron chi connectivity index (χ4n) is 3.12. The molecule has 152 valence electrons. The minimum Gasteiger partial charge on any atom is -0.491 e. The van der Waals surface area contributed by atoms with Crippen molar-refractivity contribution in [2.75, 3.05) is 5.32 Å². The number of halogens is 2. The van der Waals surface area contributed by atoms with Gasteiger partial charge in [0, 0.05) is 17.3 Å². The van der Waals surface area contributed by atoms with E-state index in [2.05, 4.69) is 15.3 Å². The number of hydrogen-bond acceptors (Lipinski definition) is 3. The quantitative estimate of drug-likeness (QED) is 0.369. The van der Waals surface area contributed by atoms with Crippen LogP contribution in [-0.2, 0) is 0 Å². The van der Waals surface area contributed by atoms with Crippen LogP contribution in [0.3, 0.4) is 0 Å². The largest absolute Gasteiger partial charge is 0.491 e. The van der Waals surface area contributed by atoms with E-state index in [0.29, 0.717) is 49.5 Å². The number of ether oxygens (including phenoxy) is 1. The molecular weight excluding hydrogens is 421 g/mol. The van der Waals surface area contributed by atoms with Gasteiger partial charge in [0.05, 0.1) is 32.7 Å². The number of rotatable bonds is 5. The molecule has 4 rings (SSSR count). The fraction of sp³-hybridized carbons (Fsp3) is 0.130. The van der Waals surface area contributed by atoms with Gasteiger partial charge >= 0.3 is 0 Å². The lowest BCUT2D eigenvalue weighted by Gasteiger charge is -2.11. The van der Waals surface area contributed by atoms with Gasteiger partial charge in [-0.15, -0.1) is 0 Å². The number of nitrogens with one attached hydrogen (secondary N) is 2. The van der Waals surface area contributed by atoms with E-state index in [9.17, 15) is 4.79 Å². The third-order valence-corrected chi connectivity index (χ3v) is 5.04. The van der Waals surface area contributed by atoms with Gasteiger partial charge in [-0.2, -0.15) is 0 Å². The van der Waals surface area contributed by atoms with Crippen LogP contribution in [0.15, 0.2) is 60.7 Å². The van der Waals surface area contributed by atoms with Crippen LogP contribution < -0.4 is 10.1 Å². The van der Waals surface area contributed by atoms with Gasteiger partial charge in [-0.25, -0.2) is 4.98 Å². The maximum Gasteiger partial charge on any atom is 0.255 e. The van der Waals surface area contributed by atoms with Crippen LogP contribution in [-0.4, -0.2) is 22.0 Å². The van der Waals surface area contributed by atoms with Crippen molar-refractivity contribution in [3.05, 3.63) is 76.3 Å². The summed E-state index contributed by atoms with van der Waals surface area (Å²) in [5.41, 5.74) is 3.21. The second kappa shape index (κ2) is 8.38. The first-order valence-corrected chi connectivity index (χ1v) is 10.2. The Labute approximate surface area is 184 Å². The summed E-state index contributed by atoms with van der Waals surface area (Å²) >= 11 is 12.6. The topological polar surface area (TPSA) is 67.0 Å². The highest BCUT2D eigenvalue weighted by Gasteiger charge is 2.14. The Morgan fingerprint density at radius 2 is 1.77 bits per heavy atom. The van der Waals surface area contributed by atoms with Crippen molar-refractivity contribution in [2.45, 2.75) is 20.0 Å². The summed E-state index contributed by atoms with van der Waals surface area (Å²) in [4.78, 5) is 20.5. The number of carbonyl (C=O) groups excluding carboxylic acids is 1. The molecule has 0 spiro atoms. The molecule has 0 bridgehead atoms. The number of carbonyl (C=O) groups is 1. The zero-order chi connectivity index (χ0) is 21.3. The molecule has 7 heteroatoms. The van der Waals surface area contributed by atoms with Gasteiger partial charge in [0.15, 0.2) is 0 Å². The normalized spacial score (nSPS) is 11.1. The number of anilines is 1. The summed E-state index contributed by atoms with van der Waals surface area (Å²) in [6.45, 7) is 3.91. The minimum absolute atomic E-state index is 0.0551. The molecule has 0 unspecified atom stereocenters. The van der Waals surface area contributed by atoms with Crippen molar-refractivity contribution >= 4 is 45.8 Å². The molecule has 0 aliphatic carbocycles. The Kier molecular flexibility index (Phi) is 5.66. The highest BCUT2D eigenvalue weighted by Crippen LogP contribution is 2.34. The number of aromatic amines is 1. The average molecular weight is 440 g/mol. The van der Waals surface area contributed by atoms with E-state index >= 15 is 0 Å². The van der Waals surface area contributed by atoms with Crippen molar-refractivity contribution < 1.29 is 9.53 Å². The maximum absolute atomic E-state index is 12.7. The molecule has 5 nitrogen and oxygen atoms in total. The molecule has 0 saturated heterocycles. The van der Waals surface area contributed by atoms with Gasteiger partial charge in [0.25, 0.3) is 5.91 Å². The zero-order valence-electron chi connectivity index (χ0n) is 16.4. The average Bonchev–Trinajstić information content (AvgIpc) is 3.10. The van der Waals surface area contributed by atoms with Crippen molar-refractivity contribution in [1.82, 2.24) is 9.97 Å². The summed E-state index contributed by atoms with van der Waals surface area (Å²) in [5, 5.41) is 3.90. The summed E-state index contributed by atoms with van der Waals surface area (Å²) < 4.78 is 5.68. The molecule has 0 fully saturated rings. The van der Waals surface area contributed by atoms with E-state index in [0.717, 1.165) is 0 Å². The summed E-state index contributed by atoms with van der Waals surface area (Å²) in [5.74, 6) is 1.02. The summed E-state index contributed by atoms with van der Waals surface area (Å²) in [6, 6.07) is 17.9. The highest BCUT2D eigenvalue weighted by atomic mass is 35.5. The molecular formula is C23H19Cl2N3O2. The van der Waals surface area contributed by atoms with E-state index in [1.165, 1.54) is 0 Å². The van der Waals surface area contributed by atoms with Gasteiger partial charge in [-0.05, 0) is 56.3 Å². The fourth-order valence-corrected chi connectivity index (χ4v) is 3.69. The van der Waals surface area contributed by atoms with Crippen molar-refractivity contribution in [2.24, 2.45) is 0 Å². The Morgan fingerprint density at radius 3 is 2.50 bits per heavy atom. The Balaban J connectivity index is 1.60. The molecule has 1 amide bonds. The molecule has 0 radical (unpaired) electrons. The first-order chi connectivity index (χ1) is 14.4. The first-order valence-electron chi connectivity index (χ1n) is 9.43. The number of amides is 1. The number of H-pyrrole nitrogens is 1. The van der Waals surface area contributed by atoms with Crippen LogP contribution in [0.25, 0.3) is 22.4 Å². The van der Waals surface area contributed by atoms with E-state index in [4.69, 9.17) is 27.9 Å². The Morgan fingerprint density at radius 1 is 1.03 bits per heavy atom. The summed E-state index contributed by atoms with van der Waals surface area (Å²) in [6.07, 6.45) is 0.0551. The lowest BCUT2D eigenvalue weighted by atomic mass is 10.2. The maximum atomic E-state index is 12.7. The second-order valence-corrected chi connectivity index (χ2v) is 7.88. The number of benzene rings is 3.